The molecule has 3 aliphatic carbocycles. The SMILES string of the molecule is C=C[C@@]1(O)C[C@]2(C)C[C@H](O)[C@H]1C[C@@H]2OC(C)(C)C. The fourth-order valence-electron chi connectivity index (χ4n) is 3.77. The van der Waals surface area contributed by atoms with Crippen molar-refractivity contribution in [3.8, 4) is 0 Å². The first-order chi connectivity index (χ1) is 8.10. The largest absolute Gasteiger partial charge is 0.393 e. The van der Waals surface area contributed by atoms with Gasteiger partial charge >= 0.3 is 0 Å². The van der Waals surface area contributed by atoms with Crippen molar-refractivity contribution in [3.63, 3.8) is 0 Å². The molecule has 18 heavy (non-hydrogen) atoms. The molecule has 3 aliphatic rings. The molecule has 0 aliphatic heterocycles. The molecule has 0 aromatic heterocycles. The number of rotatable bonds is 2. The van der Waals surface area contributed by atoms with Crippen LogP contribution >= 0.6 is 0 Å². The lowest BCUT2D eigenvalue weighted by Gasteiger charge is -2.59. The van der Waals surface area contributed by atoms with Crippen LogP contribution in [0.25, 0.3) is 0 Å². The van der Waals surface area contributed by atoms with E-state index in [2.05, 4.69) is 34.3 Å². The topological polar surface area (TPSA) is 49.7 Å². The average molecular weight is 254 g/mol. The van der Waals surface area contributed by atoms with Crippen LogP contribution in [0.2, 0.25) is 0 Å². The molecule has 0 aromatic carbocycles. The lowest BCUT2D eigenvalue weighted by Crippen LogP contribution is -2.63. The second kappa shape index (κ2) is 4.06. The highest BCUT2D eigenvalue weighted by atomic mass is 16.5. The molecular weight excluding hydrogens is 228 g/mol. The summed E-state index contributed by atoms with van der Waals surface area (Å²) in [4.78, 5) is 0. The van der Waals surface area contributed by atoms with Gasteiger partial charge in [0.25, 0.3) is 0 Å². The molecule has 0 amide bonds. The molecule has 0 spiro atoms. The van der Waals surface area contributed by atoms with Gasteiger partial charge in [0.1, 0.15) is 0 Å². The normalized spacial score (nSPS) is 48.2. The second-order valence-electron chi connectivity index (χ2n) is 7.36. The molecule has 104 valence electrons. The van der Waals surface area contributed by atoms with Gasteiger partial charge in [-0.25, -0.2) is 0 Å². The van der Waals surface area contributed by atoms with Crippen molar-refractivity contribution in [2.24, 2.45) is 11.3 Å². The van der Waals surface area contributed by atoms with E-state index < -0.39 is 11.7 Å². The van der Waals surface area contributed by atoms with E-state index in [9.17, 15) is 10.2 Å². The third-order valence-electron chi connectivity index (χ3n) is 4.56. The van der Waals surface area contributed by atoms with Crippen LogP contribution in [0.5, 0.6) is 0 Å². The number of hydrogen-bond donors (Lipinski definition) is 2. The van der Waals surface area contributed by atoms with Crippen LogP contribution in [-0.2, 0) is 4.74 Å². The van der Waals surface area contributed by atoms with Crippen LogP contribution in [-0.4, -0.2) is 33.6 Å². The van der Waals surface area contributed by atoms with Crippen LogP contribution in [0.3, 0.4) is 0 Å². The second-order valence-corrected chi connectivity index (χ2v) is 7.36. The summed E-state index contributed by atoms with van der Waals surface area (Å²) in [7, 11) is 0. The van der Waals surface area contributed by atoms with E-state index in [0.29, 0.717) is 19.3 Å². The minimum atomic E-state index is -0.940. The Bertz CT molecular complexity index is 346. The van der Waals surface area contributed by atoms with E-state index in [0.717, 1.165) is 0 Å². The molecule has 2 bridgehead atoms. The van der Waals surface area contributed by atoms with Gasteiger partial charge in [0.05, 0.1) is 23.4 Å². The summed E-state index contributed by atoms with van der Waals surface area (Å²) < 4.78 is 6.15. The molecule has 3 heteroatoms. The predicted octanol–water partition coefficient (Wildman–Crippen LogP) is 2.27. The van der Waals surface area contributed by atoms with Gasteiger partial charge in [0.2, 0.25) is 0 Å². The number of aliphatic hydroxyl groups excluding tert-OH is 1. The molecule has 3 fully saturated rings. The van der Waals surface area contributed by atoms with Gasteiger partial charge in [-0.1, -0.05) is 13.0 Å². The highest BCUT2D eigenvalue weighted by molar-refractivity contribution is 5.16. The van der Waals surface area contributed by atoms with E-state index in [1.54, 1.807) is 6.08 Å². The summed E-state index contributed by atoms with van der Waals surface area (Å²) in [5.41, 5.74) is -1.31. The Kier molecular flexibility index (Phi) is 3.16. The Hall–Kier alpha value is -0.380. The van der Waals surface area contributed by atoms with Crippen molar-refractivity contribution in [2.45, 2.75) is 70.4 Å². The van der Waals surface area contributed by atoms with E-state index in [1.165, 1.54) is 0 Å². The minimum absolute atomic E-state index is 0.103. The van der Waals surface area contributed by atoms with Gasteiger partial charge in [-0.05, 0) is 45.4 Å². The minimum Gasteiger partial charge on any atom is -0.393 e. The van der Waals surface area contributed by atoms with E-state index in [1.807, 2.05) is 0 Å². The molecule has 3 saturated carbocycles. The number of ether oxygens (including phenoxy) is 1. The zero-order chi connectivity index (χ0) is 13.8. The number of aliphatic hydroxyl groups is 2. The quantitative estimate of drug-likeness (QED) is 0.743. The van der Waals surface area contributed by atoms with Crippen molar-refractivity contribution in [3.05, 3.63) is 12.7 Å². The first-order valence-corrected chi connectivity index (χ1v) is 6.81. The van der Waals surface area contributed by atoms with Crippen LogP contribution in [0.15, 0.2) is 12.7 Å². The van der Waals surface area contributed by atoms with Gasteiger partial charge in [-0.15, -0.1) is 6.58 Å². The molecule has 0 unspecified atom stereocenters. The van der Waals surface area contributed by atoms with Gasteiger partial charge in [-0.3, -0.25) is 0 Å². The van der Waals surface area contributed by atoms with Crippen LogP contribution in [0, 0.1) is 11.3 Å². The third-order valence-corrected chi connectivity index (χ3v) is 4.56. The Morgan fingerprint density at radius 3 is 2.44 bits per heavy atom. The Morgan fingerprint density at radius 2 is 2.00 bits per heavy atom. The molecule has 0 radical (unpaired) electrons. The Balaban J connectivity index is 2.25. The van der Waals surface area contributed by atoms with Crippen LogP contribution in [0.1, 0.15) is 47.0 Å². The summed E-state index contributed by atoms with van der Waals surface area (Å²) in [6, 6.07) is 0. The van der Waals surface area contributed by atoms with Crippen molar-refractivity contribution in [2.75, 3.05) is 0 Å². The molecule has 3 rings (SSSR count). The predicted molar refractivity (Wildman–Crippen MR) is 71.2 cm³/mol. The average Bonchev–Trinajstić information content (AvgIpc) is 2.18. The van der Waals surface area contributed by atoms with Crippen molar-refractivity contribution in [1.82, 2.24) is 0 Å². The van der Waals surface area contributed by atoms with Gasteiger partial charge < -0.3 is 14.9 Å². The molecular formula is C15H26O3. The summed E-state index contributed by atoms with van der Waals surface area (Å²) in [5.74, 6) is -0.149. The van der Waals surface area contributed by atoms with Crippen LogP contribution < -0.4 is 0 Å². The lowest BCUT2D eigenvalue weighted by atomic mass is 9.52. The fraction of sp³-hybridized carbons (Fsp3) is 0.867. The molecule has 3 nitrogen and oxygen atoms in total. The maximum Gasteiger partial charge on any atom is 0.0884 e. The monoisotopic (exact) mass is 254 g/mol. The van der Waals surface area contributed by atoms with Gasteiger partial charge in [0.15, 0.2) is 0 Å². The highest BCUT2D eigenvalue weighted by Gasteiger charge is 2.59. The van der Waals surface area contributed by atoms with E-state index in [-0.39, 0.29) is 23.0 Å². The van der Waals surface area contributed by atoms with E-state index in [4.69, 9.17) is 4.74 Å². The van der Waals surface area contributed by atoms with Crippen molar-refractivity contribution < 1.29 is 14.9 Å². The van der Waals surface area contributed by atoms with Crippen LogP contribution in [0.4, 0.5) is 0 Å². The summed E-state index contributed by atoms with van der Waals surface area (Å²) in [6.45, 7) is 12.0. The van der Waals surface area contributed by atoms with Crippen molar-refractivity contribution >= 4 is 0 Å². The third kappa shape index (κ3) is 2.24. The van der Waals surface area contributed by atoms with Gasteiger partial charge in [0, 0.05) is 5.92 Å². The lowest BCUT2D eigenvalue weighted by molar-refractivity contribution is -0.236. The fourth-order valence-corrected chi connectivity index (χ4v) is 3.77. The zero-order valence-electron chi connectivity index (χ0n) is 11.9. The molecule has 0 saturated heterocycles. The van der Waals surface area contributed by atoms with E-state index >= 15 is 0 Å². The maximum absolute atomic E-state index is 10.6. The first kappa shape index (κ1) is 14.0. The standard InChI is InChI=1S/C15H26O3/c1-6-15(17)9-14(5)8-11(16)10(15)7-12(14)18-13(2,3)4/h6,10-12,16-17H,1,7-9H2,2-5H3/t10-,11+,12+,14+,15-/m1/s1. The molecule has 0 heterocycles. The number of hydrogen-bond acceptors (Lipinski definition) is 3. The smallest absolute Gasteiger partial charge is 0.0884 e. The zero-order valence-corrected chi connectivity index (χ0v) is 11.9. The Labute approximate surface area is 110 Å². The molecule has 5 atom stereocenters. The summed E-state index contributed by atoms with van der Waals surface area (Å²) in [5, 5.41) is 20.8. The molecule has 0 aromatic rings. The van der Waals surface area contributed by atoms with Crippen molar-refractivity contribution in [1.29, 1.82) is 0 Å². The molecule has 2 N–H and O–H groups in total. The summed E-state index contributed by atoms with van der Waals surface area (Å²) >= 11 is 0. The highest BCUT2D eigenvalue weighted by Crippen LogP contribution is 2.56. The maximum atomic E-state index is 10.6. The van der Waals surface area contributed by atoms with Gasteiger partial charge in [-0.2, -0.15) is 0 Å². The summed E-state index contributed by atoms with van der Waals surface area (Å²) in [6.07, 6.45) is 3.29. The first-order valence-electron chi connectivity index (χ1n) is 6.81. The number of fused-ring (bicyclic) bond motifs is 3. The Morgan fingerprint density at radius 1 is 1.39 bits per heavy atom.